The molecule has 0 aliphatic carbocycles. The molecule has 1 aromatic rings. The maximum absolute atomic E-state index is 11.7. The number of hydrogen-bond acceptors (Lipinski definition) is 3. The van der Waals surface area contributed by atoms with Crippen molar-refractivity contribution in [3.05, 3.63) is 35.9 Å². The summed E-state index contributed by atoms with van der Waals surface area (Å²) in [4.78, 5) is 22.6. The van der Waals surface area contributed by atoms with Gasteiger partial charge in [-0.2, -0.15) is 0 Å². The predicted molar refractivity (Wildman–Crippen MR) is 68.9 cm³/mol. The van der Waals surface area contributed by atoms with E-state index in [1.165, 1.54) is 7.11 Å². The lowest BCUT2D eigenvalue weighted by Gasteiger charge is -2.17. The summed E-state index contributed by atoms with van der Waals surface area (Å²) in [6, 6.07) is 9.78. The number of benzene rings is 1. The maximum Gasteiger partial charge on any atom is 0.306 e. The van der Waals surface area contributed by atoms with Crippen molar-refractivity contribution in [1.29, 1.82) is 0 Å². The van der Waals surface area contributed by atoms with Crippen LogP contribution in [0.5, 0.6) is 0 Å². The molecule has 1 rings (SSSR count). The Hall–Kier alpha value is -1.84. The summed E-state index contributed by atoms with van der Waals surface area (Å²) < 4.78 is 4.50. The molecule has 0 saturated heterocycles. The molecule has 0 spiro atoms. The van der Waals surface area contributed by atoms with Crippen LogP contribution in [0.15, 0.2) is 30.3 Å². The predicted octanol–water partition coefficient (Wildman–Crippen LogP) is 2.21. The largest absolute Gasteiger partial charge is 0.469 e. The summed E-state index contributed by atoms with van der Waals surface area (Å²) in [5.41, 5.74) is 1.08. The fourth-order valence-corrected chi connectivity index (χ4v) is 1.69. The second-order valence-electron chi connectivity index (χ2n) is 4.02. The van der Waals surface area contributed by atoms with Gasteiger partial charge in [0, 0.05) is 6.42 Å². The van der Waals surface area contributed by atoms with Crippen molar-refractivity contribution in [3.63, 3.8) is 0 Å². The molecule has 0 aliphatic rings. The minimum Gasteiger partial charge on any atom is -0.469 e. The van der Waals surface area contributed by atoms with Crippen molar-refractivity contribution in [2.45, 2.75) is 32.2 Å². The number of methoxy groups -OCH3 is 1. The van der Waals surface area contributed by atoms with Crippen molar-refractivity contribution >= 4 is 11.9 Å². The van der Waals surface area contributed by atoms with E-state index < -0.39 is 0 Å². The lowest BCUT2D eigenvalue weighted by molar-refractivity contribution is -0.142. The third-order valence-corrected chi connectivity index (χ3v) is 2.73. The molecule has 0 fully saturated rings. The molecule has 1 atom stereocenters. The maximum atomic E-state index is 11.7. The van der Waals surface area contributed by atoms with Gasteiger partial charge in [-0.15, -0.1) is 0 Å². The molecular weight excluding hydrogens is 230 g/mol. The second kappa shape index (κ2) is 7.48. The molecule has 98 valence electrons. The summed E-state index contributed by atoms with van der Waals surface area (Å²) in [5.74, 6) is -0.492. The standard InChI is InChI=1S/C14H19NO3/c1-3-12(11-7-5-4-6-8-11)15-13(16)9-10-14(17)18-2/h4-8,12H,3,9-10H2,1-2H3,(H,15,16). The van der Waals surface area contributed by atoms with Crippen molar-refractivity contribution in [2.75, 3.05) is 7.11 Å². The smallest absolute Gasteiger partial charge is 0.306 e. The van der Waals surface area contributed by atoms with Gasteiger partial charge in [-0.1, -0.05) is 37.3 Å². The molecule has 1 amide bonds. The average molecular weight is 249 g/mol. The van der Waals surface area contributed by atoms with Crippen LogP contribution in [-0.4, -0.2) is 19.0 Å². The monoisotopic (exact) mass is 249 g/mol. The van der Waals surface area contributed by atoms with Gasteiger partial charge < -0.3 is 10.1 Å². The number of carbonyl (C=O) groups excluding carboxylic acids is 2. The Morgan fingerprint density at radius 2 is 1.89 bits per heavy atom. The van der Waals surface area contributed by atoms with Gasteiger partial charge >= 0.3 is 5.97 Å². The highest BCUT2D eigenvalue weighted by Crippen LogP contribution is 2.16. The molecule has 4 nitrogen and oxygen atoms in total. The van der Waals surface area contributed by atoms with Gasteiger partial charge in [-0.25, -0.2) is 0 Å². The highest BCUT2D eigenvalue weighted by Gasteiger charge is 2.13. The molecule has 0 aliphatic heterocycles. The fourth-order valence-electron chi connectivity index (χ4n) is 1.69. The quantitative estimate of drug-likeness (QED) is 0.786. The van der Waals surface area contributed by atoms with Crippen molar-refractivity contribution < 1.29 is 14.3 Å². The molecule has 0 bridgehead atoms. The van der Waals surface area contributed by atoms with E-state index >= 15 is 0 Å². The third kappa shape index (κ3) is 4.57. The number of esters is 1. The molecule has 1 aromatic carbocycles. The minimum atomic E-state index is -0.363. The van der Waals surface area contributed by atoms with Crippen LogP contribution < -0.4 is 5.32 Å². The first-order valence-electron chi connectivity index (χ1n) is 6.08. The van der Waals surface area contributed by atoms with E-state index in [1.54, 1.807) is 0 Å². The Kier molecular flexibility index (Phi) is 5.91. The highest BCUT2D eigenvalue weighted by atomic mass is 16.5. The van der Waals surface area contributed by atoms with E-state index in [0.717, 1.165) is 12.0 Å². The summed E-state index contributed by atoms with van der Waals surface area (Å²) in [7, 11) is 1.32. The van der Waals surface area contributed by atoms with Gasteiger partial charge in [0.15, 0.2) is 0 Å². The van der Waals surface area contributed by atoms with E-state index in [1.807, 2.05) is 37.3 Å². The number of ether oxygens (including phenoxy) is 1. The molecule has 0 saturated carbocycles. The number of nitrogens with one attached hydrogen (secondary N) is 1. The zero-order chi connectivity index (χ0) is 13.4. The van der Waals surface area contributed by atoms with Gasteiger partial charge in [-0.05, 0) is 12.0 Å². The molecule has 4 heteroatoms. The molecule has 0 radical (unpaired) electrons. The summed E-state index contributed by atoms with van der Waals surface area (Å²) in [6.07, 6.45) is 1.09. The van der Waals surface area contributed by atoms with Crippen molar-refractivity contribution in [2.24, 2.45) is 0 Å². The summed E-state index contributed by atoms with van der Waals surface area (Å²) in [5, 5.41) is 2.92. The average Bonchev–Trinajstić information content (AvgIpc) is 2.43. The molecule has 0 heterocycles. The first-order chi connectivity index (χ1) is 8.67. The van der Waals surface area contributed by atoms with Crippen molar-refractivity contribution in [1.82, 2.24) is 5.32 Å². The van der Waals surface area contributed by atoms with Gasteiger partial charge in [0.05, 0.1) is 19.6 Å². The van der Waals surface area contributed by atoms with E-state index in [-0.39, 0.29) is 30.8 Å². The van der Waals surface area contributed by atoms with Crippen LogP contribution in [0.25, 0.3) is 0 Å². The lowest BCUT2D eigenvalue weighted by atomic mass is 10.0. The number of hydrogen-bond donors (Lipinski definition) is 1. The Labute approximate surface area is 107 Å². The van der Waals surface area contributed by atoms with Crippen molar-refractivity contribution in [3.8, 4) is 0 Å². The molecular formula is C14H19NO3. The Morgan fingerprint density at radius 1 is 1.22 bits per heavy atom. The zero-order valence-corrected chi connectivity index (χ0v) is 10.8. The van der Waals surface area contributed by atoms with Crippen LogP contribution in [0.2, 0.25) is 0 Å². The van der Waals surface area contributed by atoms with Crippen LogP contribution in [0, 0.1) is 0 Å². The van der Waals surface area contributed by atoms with Crippen LogP contribution >= 0.6 is 0 Å². The molecule has 1 N–H and O–H groups in total. The van der Waals surface area contributed by atoms with Gasteiger partial charge in [0.25, 0.3) is 0 Å². The van der Waals surface area contributed by atoms with E-state index in [4.69, 9.17) is 0 Å². The van der Waals surface area contributed by atoms with E-state index in [0.29, 0.717) is 0 Å². The van der Waals surface area contributed by atoms with E-state index in [9.17, 15) is 9.59 Å². The molecule has 0 aromatic heterocycles. The van der Waals surface area contributed by atoms with Crippen LogP contribution in [0.1, 0.15) is 37.8 Å². The van der Waals surface area contributed by atoms with Gasteiger partial charge in [-0.3, -0.25) is 9.59 Å². The lowest BCUT2D eigenvalue weighted by Crippen LogP contribution is -2.28. The first kappa shape index (κ1) is 14.2. The SMILES string of the molecule is CCC(NC(=O)CCC(=O)OC)c1ccccc1. The Morgan fingerprint density at radius 3 is 2.44 bits per heavy atom. The minimum absolute atomic E-state index is 0.00338. The Bertz CT molecular complexity index is 389. The van der Waals surface area contributed by atoms with Gasteiger partial charge in [0.1, 0.15) is 0 Å². The third-order valence-electron chi connectivity index (χ3n) is 2.73. The molecule has 18 heavy (non-hydrogen) atoms. The number of carbonyl (C=O) groups is 2. The topological polar surface area (TPSA) is 55.4 Å². The fraction of sp³-hybridized carbons (Fsp3) is 0.429. The molecule has 1 unspecified atom stereocenters. The van der Waals surface area contributed by atoms with Gasteiger partial charge in [0.2, 0.25) is 5.91 Å². The highest BCUT2D eigenvalue weighted by molar-refractivity contribution is 5.81. The van der Waals surface area contributed by atoms with Crippen LogP contribution in [-0.2, 0) is 14.3 Å². The second-order valence-corrected chi connectivity index (χ2v) is 4.02. The van der Waals surface area contributed by atoms with Crippen LogP contribution in [0.4, 0.5) is 0 Å². The summed E-state index contributed by atoms with van der Waals surface area (Å²) in [6.45, 7) is 2.01. The summed E-state index contributed by atoms with van der Waals surface area (Å²) >= 11 is 0. The number of amides is 1. The van der Waals surface area contributed by atoms with Crippen LogP contribution in [0.3, 0.4) is 0 Å². The zero-order valence-electron chi connectivity index (χ0n) is 10.8. The first-order valence-corrected chi connectivity index (χ1v) is 6.08. The normalized spacial score (nSPS) is 11.7. The Balaban J connectivity index is 2.49. The number of rotatable bonds is 6. The van der Waals surface area contributed by atoms with E-state index in [2.05, 4.69) is 10.1 Å².